The molecule has 0 spiro atoms. The second-order valence-corrected chi connectivity index (χ2v) is 4.60. The van der Waals surface area contributed by atoms with E-state index in [0.717, 1.165) is 5.39 Å². The summed E-state index contributed by atoms with van der Waals surface area (Å²) in [6.07, 6.45) is 0. The summed E-state index contributed by atoms with van der Waals surface area (Å²) in [6.45, 7) is 0.245. The lowest BCUT2D eigenvalue weighted by Crippen LogP contribution is -2.11. The fourth-order valence-corrected chi connectivity index (χ4v) is 2.20. The van der Waals surface area contributed by atoms with E-state index in [0.29, 0.717) is 16.8 Å². The van der Waals surface area contributed by atoms with E-state index in [1.165, 1.54) is 0 Å². The monoisotopic (exact) mass is 282 g/mol. The zero-order valence-corrected chi connectivity index (χ0v) is 11.2. The third-order valence-corrected chi connectivity index (χ3v) is 3.23. The lowest BCUT2D eigenvalue weighted by atomic mass is 10.1. The molecule has 1 aromatic heterocycles. The van der Waals surface area contributed by atoms with Crippen LogP contribution in [0.3, 0.4) is 0 Å². The Morgan fingerprint density at radius 1 is 1.10 bits per heavy atom. The number of rotatable bonds is 3. The number of fused-ring (bicyclic) bond motifs is 1. The van der Waals surface area contributed by atoms with E-state index in [1.807, 2.05) is 6.07 Å². The Bertz CT molecular complexity index is 808. The van der Waals surface area contributed by atoms with Gasteiger partial charge in [0.15, 0.2) is 5.76 Å². The van der Waals surface area contributed by atoms with E-state index in [2.05, 4.69) is 5.32 Å². The van der Waals surface area contributed by atoms with Crippen LogP contribution in [0.1, 0.15) is 16.3 Å². The van der Waals surface area contributed by atoms with Gasteiger partial charge in [-0.05, 0) is 24.3 Å². The van der Waals surface area contributed by atoms with Crippen LogP contribution in [0.15, 0.2) is 52.9 Å². The third-order valence-electron chi connectivity index (χ3n) is 3.23. The zero-order chi connectivity index (χ0) is 14.8. The van der Waals surface area contributed by atoms with Crippen LogP contribution in [0.5, 0.6) is 5.75 Å². The molecule has 2 aromatic carbocycles. The van der Waals surface area contributed by atoms with Gasteiger partial charge in [-0.2, -0.15) is 0 Å². The van der Waals surface area contributed by atoms with Crippen LogP contribution in [0.4, 0.5) is 5.69 Å². The number of hydrogen-bond acceptors (Lipinski definition) is 4. The zero-order valence-electron chi connectivity index (χ0n) is 11.2. The van der Waals surface area contributed by atoms with Crippen molar-refractivity contribution in [1.82, 2.24) is 0 Å². The quantitative estimate of drug-likeness (QED) is 0.689. The molecule has 0 saturated heterocycles. The summed E-state index contributed by atoms with van der Waals surface area (Å²) in [5, 5.41) is 14.1. The average molecular weight is 282 g/mol. The first-order valence-corrected chi connectivity index (χ1v) is 6.50. The van der Waals surface area contributed by atoms with Crippen LogP contribution in [0.2, 0.25) is 0 Å². The molecule has 0 radical (unpaired) electrons. The summed E-state index contributed by atoms with van der Waals surface area (Å²) < 4.78 is 5.32. The van der Waals surface area contributed by atoms with Crippen molar-refractivity contribution in [3.8, 4) is 5.75 Å². The minimum atomic E-state index is -0.356. The highest BCUT2D eigenvalue weighted by Gasteiger charge is 2.13. The van der Waals surface area contributed by atoms with Crippen molar-refractivity contribution >= 4 is 22.4 Å². The Kier molecular flexibility index (Phi) is 3.33. The predicted octanol–water partition coefficient (Wildman–Crippen LogP) is 2.85. The van der Waals surface area contributed by atoms with Gasteiger partial charge in [-0.3, -0.25) is 4.79 Å². The Balaban J connectivity index is 1.94. The predicted molar refractivity (Wildman–Crippen MR) is 80.2 cm³/mol. The van der Waals surface area contributed by atoms with E-state index in [1.54, 1.807) is 42.5 Å². The molecule has 4 N–H and O–H groups in total. The molecule has 3 aromatic rings. The number of hydrogen-bond donors (Lipinski definition) is 3. The maximum atomic E-state index is 12.2. The van der Waals surface area contributed by atoms with Crippen molar-refractivity contribution in [1.29, 1.82) is 0 Å². The summed E-state index contributed by atoms with van der Waals surface area (Å²) in [5.74, 6) is 0.570. The highest BCUT2D eigenvalue weighted by molar-refractivity contribution is 6.08. The summed E-state index contributed by atoms with van der Waals surface area (Å²) >= 11 is 0. The van der Waals surface area contributed by atoms with Gasteiger partial charge in [-0.15, -0.1) is 0 Å². The molecule has 0 aliphatic rings. The second-order valence-electron chi connectivity index (χ2n) is 4.60. The number of benzene rings is 2. The Labute approximate surface area is 121 Å². The number of furan rings is 1. The van der Waals surface area contributed by atoms with Crippen molar-refractivity contribution in [3.63, 3.8) is 0 Å². The van der Waals surface area contributed by atoms with Crippen molar-refractivity contribution in [2.45, 2.75) is 6.54 Å². The first kappa shape index (κ1) is 13.2. The summed E-state index contributed by atoms with van der Waals surface area (Å²) in [6, 6.07) is 13.8. The van der Waals surface area contributed by atoms with Crippen LogP contribution in [0.25, 0.3) is 10.8 Å². The fraction of sp³-hybridized carbons (Fsp3) is 0.0625. The normalized spacial score (nSPS) is 10.7. The minimum Gasteiger partial charge on any atom is -0.507 e. The Morgan fingerprint density at radius 3 is 2.62 bits per heavy atom. The maximum absolute atomic E-state index is 12.2. The summed E-state index contributed by atoms with van der Waals surface area (Å²) in [5.41, 5.74) is 6.06. The molecule has 21 heavy (non-hydrogen) atoms. The Hall–Kier alpha value is -2.79. The highest BCUT2D eigenvalue weighted by atomic mass is 16.4. The van der Waals surface area contributed by atoms with Crippen LogP contribution in [0, 0.1) is 0 Å². The molecule has 5 heteroatoms. The van der Waals surface area contributed by atoms with Crippen LogP contribution in [-0.4, -0.2) is 11.0 Å². The van der Waals surface area contributed by atoms with Gasteiger partial charge in [0.2, 0.25) is 0 Å². The van der Waals surface area contributed by atoms with E-state index in [9.17, 15) is 9.90 Å². The van der Waals surface area contributed by atoms with E-state index in [-0.39, 0.29) is 24.0 Å². The van der Waals surface area contributed by atoms with Gasteiger partial charge in [-0.25, -0.2) is 0 Å². The van der Waals surface area contributed by atoms with Crippen molar-refractivity contribution in [3.05, 3.63) is 60.1 Å². The molecule has 0 atom stereocenters. The Morgan fingerprint density at radius 2 is 1.86 bits per heavy atom. The molecule has 0 fully saturated rings. The van der Waals surface area contributed by atoms with Crippen LogP contribution < -0.4 is 11.1 Å². The number of nitrogens with one attached hydrogen (secondary N) is 1. The standard InChI is InChI=1S/C16H14N2O3/c17-9-10-7-8-15(21-10)16(20)18-13-5-1-4-12-11(13)3-2-6-14(12)19/h1-8,19H,9,17H2,(H,18,20). The van der Waals surface area contributed by atoms with Crippen LogP contribution in [-0.2, 0) is 6.54 Å². The van der Waals surface area contributed by atoms with Gasteiger partial charge in [0, 0.05) is 16.5 Å². The first-order chi connectivity index (χ1) is 10.2. The van der Waals surface area contributed by atoms with Gasteiger partial charge in [0.1, 0.15) is 11.5 Å². The van der Waals surface area contributed by atoms with E-state index in [4.69, 9.17) is 10.2 Å². The first-order valence-electron chi connectivity index (χ1n) is 6.50. The van der Waals surface area contributed by atoms with E-state index >= 15 is 0 Å². The van der Waals surface area contributed by atoms with Gasteiger partial charge in [0.05, 0.1) is 6.54 Å². The van der Waals surface area contributed by atoms with Crippen molar-refractivity contribution < 1.29 is 14.3 Å². The van der Waals surface area contributed by atoms with Crippen molar-refractivity contribution in [2.24, 2.45) is 5.73 Å². The number of amides is 1. The molecular weight excluding hydrogens is 268 g/mol. The molecule has 0 unspecified atom stereocenters. The maximum Gasteiger partial charge on any atom is 0.291 e. The van der Waals surface area contributed by atoms with E-state index < -0.39 is 0 Å². The molecule has 0 aliphatic carbocycles. The lowest BCUT2D eigenvalue weighted by molar-refractivity contribution is 0.0995. The molecule has 3 rings (SSSR count). The number of anilines is 1. The number of aromatic hydroxyl groups is 1. The number of phenols is 1. The van der Waals surface area contributed by atoms with Gasteiger partial charge >= 0.3 is 0 Å². The number of nitrogens with two attached hydrogens (primary N) is 1. The van der Waals surface area contributed by atoms with Gasteiger partial charge < -0.3 is 20.6 Å². The number of carbonyl (C=O) groups excluding carboxylic acids is 1. The molecule has 1 heterocycles. The average Bonchev–Trinajstić information content (AvgIpc) is 2.97. The number of phenolic OH excluding ortho intramolecular Hbond substituents is 1. The topological polar surface area (TPSA) is 88.5 Å². The summed E-state index contributed by atoms with van der Waals surface area (Å²) in [7, 11) is 0. The lowest BCUT2D eigenvalue weighted by Gasteiger charge is -2.08. The highest BCUT2D eigenvalue weighted by Crippen LogP contribution is 2.30. The van der Waals surface area contributed by atoms with Crippen LogP contribution >= 0.6 is 0 Å². The molecule has 106 valence electrons. The largest absolute Gasteiger partial charge is 0.507 e. The SMILES string of the molecule is NCc1ccc(C(=O)Nc2cccc3c(O)cccc23)o1. The third kappa shape index (κ3) is 2.46. The van der Waals surface area contributed by atoms with Gasteiger partial charge in [0.25, 0.3) is 5.91 Å². The van der Waals surface area contributed by atoms with Gasteiger partial charge in [-0.1, -0.05) is 24.3 Å². The fourth-order valence-electron chi connectivity index (χ4n) is 2.20. The molecular formula is C16H14N2O3. The molecule has 5 nitrogen and oxygen atoms in total. The molecule has 0 saturated carbocycles. The van der Waals surface area contributed by atoms with Crippen molar-refractivity contribution in [2.75, 3.05) is 5.32 Å². The minimum absolute atomic E-state index is 0.173. The summed E-state index contributed by atoms with van der Waals surface area (Å²) in [4.78, 5) is 12.2. The smallest absolute Gasteiger partial charge is 0.291 e. The second kappa shape index (κ2) is 5.30. The number of carbonyl (C=O) groups is 1. The molecule has 1 amide bonds. The molecule has 0 aliphatic heterocycles. The molecule has 0 bridgehead atoms.